The summed E-state index contributed by atoms with van der Waals surface area (Å²) < 4.78 is 5.74. The lowest BCUT2D eigenvalue weighted by Gasteiger charge is -2.09. The zero-order valence-electron chi connectivity index (χ0n) is 10.3. The first kappa shape index (κ1) is 11.5. The Morgan fingerprint density at radius 2 is 1.35 bits per heavy atom. The second-order valence-corrected chi connectivity index (χ2v) is 4.32. The minimum Gasteiger partial charge on any atom is -0.507 e. The van der Waals surface area contributed by atoms with Crippen LogP contribution in [0.1, 0.15) is 16.7 Å². The van der Waals surface area contributed by atoms with Crippen LogP contribution >= 0.6 is 0 Å². The van der Waals surface area contributed by atoms with Crippen LogP contribution < -0.4 is 4.74 Å². The Balaban J connectivity index is 2.27. The van der Waals surface area contributed by atoms with E-state index in [9.17, 15) is 5.11 Å². The number of ether oxygens (including phenoxy) is 1. The fourth-order valence-electron chi connectivity index (χ4n) is 1.72. The van der Waals surface area contributed by atoms with Gasteiger partial charge in [-0.1, -0.05) is 17.7 Å². The summed E-state index contributed by atoms with van der Waals surface area (Å²) in [7, 11) is 0. The van der Waals surface area contributed by atoms with E-state index < -0.39 is 0 Å². The standard InChI is InChI=1S/C15H16O2/c1-10-4-6-13(7-5-10)17-14-8-11(2)15(16)12(3)9-14/h4-9,16H,1-3H3. The average Bonchev–Trinajstić information content (AvgIpc) is 2.29. The topological polar surface area (TPSA) is 29.5 Å². The van der Waals surface area contributed by atoms with Gasteiger partial charge in [0.05, 0.1) is 0 Å². The van der Waals surface area contributed by atoms with Gasteiger partial charge in [-0.15, -0.1) is 0 Å². The van der Waals surface area contributed by atoms with E-state index in [-0.39, 0.29) is 0 Å². The highest BCUT2D eigenvalue weighted by atomic mass is 16.5. The number of benzene rings is 2. The first-order valence-corrected chi connectivity index (χ1v) is 5.61. The summed E-state index contributed by atoms with van der Waals surface area (Å²) in [6, 6.07) is 11.6. The molecule has 2 nitrogen and oxygen atoms in total. The van der Waals surface area contributed by atoms with E-state index in [1.807, 2.05) is 57.2 Å². The monoisotopic (exact) mass is 228 g/mol. The van der Waals surface area contributed by atoms with Crippen LogP contribution in [0, 0.1) is 20.8 Å². The summed E-state index contributed by atoms with van der Waals surface area (Å²) in [6.07, 6.45) is 0. The third kappa shape index (κ3) is 2.59. The lowest BCUT2D eigenvalue weighted by Crippen LogP contribution is -1.87. The Hall–Kier alpha value is -1.96. The second kappa shape index (κ2) is 4.50. The predicted octanol–water partition coefficient (Wildman–Crippen LogP) is 4.11. The van der Waals surface area contributed by atoms with Crippen molar-refractivity contribution in [2.75, 3.05) is 0 Å². The van der Waals surface area contributed by atoms with Gasteiger partial charge in [0.25, 0.3) is 0 Å². The molecule has 0 saturated heterocycles. The van der Waals surface area contributed by atoms with Crippen LogP contribution in [0.15, 0.2) is 36.4 Å². The molecule has 0 spiro atoms. The average molecular weight is 228 g/mol. The normalized spacial score (nSPS) is 10.3. The molecule has 2 heteroatoms. The first-order valence-electron chi connectivity index (χ1n) is 5.61. The van der Waals surface area contributed by atoms with Crippen LogP contribution in [0.2, 0.25) is 0 Å². The summed E-state index contributed by atoms with van der Waals surface area (Å²) in [4.78, 5) is 0. The number of aromatic hydroxyl groups is 1. The third-order valence-electron chi connectivity index (χ3n) is 2.72. The van der Waals surface area contributed by atoms with Gasteiger partial charge >= 0.3 is 0 Å². The summed E-state index contributed by atoms with van der Waals surface area (Å²) in [5.41, 5.74) is 2.86. The Bertz CT molecular complexity index is 504. The molecule has 0 unspecified atom stereocenters. The van der Waals surface area contributed by atoms with Crippen LogP contribution in [0.5, 0.6) is 17.2 Å². The van der Waals surface area contributed by atoms with Gasteiger partial charge in [-0.05, 0) is 56.2 Å². The molecule has 0 aromatic heterocycles. The van der Waals surface area contributed by atoms with Gasteiger partial charge in [0.2, 0.25) is 0 Å². The largest absolute Gasteiger partial charge is 0.507 e. The maximum Gasteiger partial charge on any atom is 0.128 e. The molecule has 0 aliphatic carbocycles. The van der Waals surface area contributed by atoms with Crippen molar-refractivity contribution in [3.05, 3.63) is 53.1 Å². The number of hydrogen-bond acceptors (Lipinski definition) is 2. The Kier molecular flexibility index (Phi) is 3.05. The molecule has 0 aliphatic heterocycles. The molecule has 2 rings (SSSR count). The van der Waals surface area contributed by atoms with Gasteiger partial charge in [-0.25, -0.2) is 0 Å². The second-order valence-electron chi connectivity index (χ2n) is 4.32. The Morgan fingerprint density at radius 1 is 0.824 bits per heavy atom. The van der Waals surface area contributed by atoms with Gasteiger partial charge in [0.1, 0.15) is 17.2 Å². The first-order chi connectivity index (χ1) is 8.06. The van der Waals surface area contributed by atoms with Gasteiger partial charge in [0, 0.05) is 0 Å². The molecular formula is C15H16O2. The Morgan fingerprint density at radius 3 is 1.88 bits per heavy atom. The van der Waals surface area contributed by atoms with E-state index in [0.717, 1.165) is 22.6 Å². The van der Waals surface area contributed by atoms with Gasteiger partial charge in [0.15, 0.2) is 0 Å². The van der Waals surface area contributed by atoms with E-state index in [4.69, 9.17) is 4.74 Å². The van der Waals surface area contributed by atoms with Crippen molar-refractivity contribution in [1.82, 2.24) is 0 Å². The number of phenols is 1. The summed E-state index contributed by atoms with van der Waals surface area (Å²) >= 11 is 0. The minimum atomic E-state index is 0.334. The number of hydrogen-bond donors (Lipinski definition) is 1. The minimum absolute atomic E-state index is 0.334. The molecule has 0 saturated carbocycles. The molecule has 2 aromatic carbocycles. The highest BCUT2D eigenvalue weighted by molar-refractivity contribution is 5.46. The SMILES string of the molecule is Cc1ccc(Oc2cc(C)c(O)c(C)c2)cc1. The van der Waals surface area contributed by atoms with Gasteiger partial charge in [-0.2, -0.15) is 0 Å². The van der Waals surface area contributed by atoms with E-state index in [0.29, 0.717) is 5.75 Å². The number of rotatable bonds is 2. The molecule has 0 heterocycles. The fourth-order valence-corrected chi connectivity index (χ4v) is 1.72. The molecule has 1 N–H and O–H groups in total. The summed E-state index contributed by atoms with van der Waals surface area (Å²) in [5.74, 6) is 1.89. The van der Waals surface area contributed by atoms with Crippen LogP contribution in [-0.2, 0) is 0 Å². The molecule has 17 heavy (non-hydrogen) atoms. The fraction of sp³-hybridized carbons (Fsp3) is 0.200. The molecule has 0 radical (unpaired) electrons. The highest BCUT2D eigenvalue weighted by Crippen LogP contribution is 2.29. The smallest absolute Gasteiger partial charge is 0.128 e. The number of phenolic OH excluding ortho intramolecular Hbond substituents is 1. The maximum absolute atomic E-state index is 9.68. The van der Waals surface area contributed by atoms with Crippen LogP contribution in [-0.4, -0.2) is 5.11 Å². The Labute approximate surface area is 101 Å². The van der Waals surface area contributed by atoms with Crippen molar-refractivity contribution in [2.45, 2.75) is 20.8 Å². The van der Waals surface area contributed by atoms with Crippen molar-refractivity contribution in [3.63, 3.8) is 0 Å². The van der Waals surface area contributed by atoms with E-state index >= 15 is 0 Å². The maximum atomic E-state index is 9.68. The highest BCUT2D eigenvalue weighted by Gasteiger charge is 2.04. The number of aryl methyl sites for hydroxylation is 3. The molecule has 0 fully saturated rings. The zero-order valence-corrected chi connectivity index (χ0v) is 10.3. The van der Waals surface area contributed by atoms with Crippen molar-refractivity contribution in [3.8, 4) is 17.2 Å². The van der Waals surface area contributed by atoms with E-state index in [1.54, 1.807) is 0 Å². The molecule has 0 atom stereocenters. The molecule has 0 aliphatic rings. The molecule has 0 bridgehead atoms. The van der Waals surface area contributed by atoms with Crippen molar-refractivity contribution in [1.29, 1.82) is 0 Å². The van der Waals surface area contributed by atoms with E-state index in [2.05, 4.69) is 0 Å². The molecule has 2 aromatic rings. The molecule has 0 amide bonds. The van der Waals surface area contributed by atoms with Crippen molar-refractivity contribution < 1.29 is 9.84 Å². The summed E-state index contributed by atoms with van der Waals surface area (Å²) in [5, 5.41) is 9.68. The van der Waals surface area contributed by atoms with Crippen molar-refractivity contribution in [2.24, 2.45) is 0 Å². The predicted molar refractivity (Wildman–Crippen MR) is 68.8 cm³/mol. The van der Waals surface area contributed by atoms with Crippen molar-refractivity contribution >= 4 is 0 Å². The van der Waals surface area contributed by atoms with Crippen LogP contribution in [0.4, 0.5) is 0 Å². The van der Waals surface area contributed by atoms with Gasteiger partial charge in [-0.3, -0.25) is 0 Å². The van der Waals surface area contributed by atoms with Crippen LogP contribution in [0.25, 0.3) is 0 Å². The summed E-state index contributed by atoms with van der Waals surface area (Å²) in [6.45, 7) is 5.77. The van der Waals surface area contributed by atoms with Gasteiger partial charge < -0.3 is 9.84 Å². The molecule has 88 valence electrons. The lowest BCUT2D eigenvalue weighted by molar-refractivity contribution is 0.456. The molecular weight excluding hydrogens is 212 g/mol. The quantitative estimate of drug-likeness (QED) is 0.838. The third-order valence-corrected chi connectivity index (χ3v) is 2.72. The van der Waals surface area contributed by atoms with Crippen LogP contribution in [0.3, 0.4) is 0 Å². The van der Waals surface area contributed by atoms with E-state index in [1.165, 1.54) is 5.56 Å². The zero-order chi connectivity index (χ0) is 12.4. The lowest BCUT2D eigenvalue weighted by atomic mass is 10.1.